The van der Waals surface area contributed by atoms with Crippen LogP contribution in [0.25, 0.3) is 0 Å². The summed E-state index contributed by atoms with van der Waals surface area (Å²) in [4.78, 5) is 26.5. The third kappa shape index (κ3) is 2.36. The zero-order valence-corrected chi connectivity index (χ0v) is 12.2. The number of likely N-dealkylation sites (tertiary alicyclic amines) is 1. The van der Waals surface area contributed by atoms with Gasteiger partial charge in [-0.15, -0.1) is 0 Å². The van der Waals surface area contributed by atoms with Gasteiger partial charge in [-0.1, -0.05) is 25.2 Å². The minimum atomic E-state index is -0.0612. The second kappa shape index (κ2) is 4.88. The number of thiazole rings is 1. The van der Waals surface area contributed by atoms with Gasteiger partial charge in [-0.05, 0) is 25.2 Å². The highest BCUT2D eigenvalue weighted by Gasteiger charge is 2.28. The maximum atomic E-state index is 12.5. The number of piperidine rings is 1. The molecular weight excluding hydrogens is 248 g/mol. The molecule has 0 aliphatic carbocycles. The molecule has 1 saturated heterocycles. The Hall–Kier alpha value is -1.10. The van der Waals surface area contributed by atoms with Crippen LogP contribution in [0.15, 0.2) is 4.79 Å². The molecule has 0 aromatic carbocycles. The third-order valence-electron chi connectivity index (χ3n) is 3.65. The molecule has 2 heterocycles. The lowest BCUT2D eigenvalue weighted by Gasteiger charge is -2.34. The van der Waals surface area contributed by atoms with E-state index in [9.17, 15) is 9.59 Å². The maximum absolute atomic E-state index is 12.5. The SMILES string of the molecule is Cc1c(C(=O)N2CC(C)CC(C)C2)sc(=O)n1C. The lowest BCUT2D eigenvalue weighted by molar-refractivity contribution is 0.0627. The van der Waals surface area contributed by atoms with Crippen LogP contribution in [0.5, 0.6) is 0 Å². The van der Waals surface area contributed by atoms with E-state index >= 15 is 0 Å². The number of aromatic nitrogens is 1. The van der Waals surface area contributed by atoms with Crippen LogP contribution >= 0.6 is 11.3 Å². The van der Waals surface area contributed by atoms with E-state index in [0.29, 0.717) is 16.7 Å². The summed E-state index contributed by atoms with van der Waals surface area (Å²) in [5, 5.41) is 0. The topological polar surface area (TPSA) is 42.3 Å². The van der Waals surface area contributed by atoms with Crippen LogP contribution in [0, 0.1) is 18.8 Å². The molecule has 0 saturated carbocycles. The average molecular weight is 268 g/mol. The number of hydrogen-bond donors (Lipinski definition) is 0. The molecule has 0 N–H and O–H groups in total. The van der Waals surface area contributed by atoms with Crippen LogP contribution in [0.3, 0.4) is 0 Å². The van der Waals surface area contributed by atoms with Crippen LogP contribution < -0.4 is 4.87 Å². The number of nitrogens with zero attached hydrogens (tertiary/aromatic N) is 2. The molecule has 5 heteroatoms. The molecule has 0 spiro atoms. The molecule has 4 nitrogen and oxygen atoms in total. The fourth-order valence-corrected chi connectivity index (χ4v) is 3.64. The van der Waals surface area contributed by atoms with Gasteiger partial charge in [0.1, 0.15) is 4.88 Å². The number of rotatable bonds is 1. The lowest BCUT2D eigenvalue weighted by atomic mass is 9.92. The summed E-state index contributed by atoms with van der Waals surface area (Å²) >= 11 is 1.06. The zero-order valence-electron chi connectivity index (χ0n) is 11.4. The largest absolute Gasteiger partial charge is 0.337 e. The second-order valence-electron chi connectivity index (χ2n) is 5.50. The van der Waals surface area contributed by atoms with Crippen molar-refractivity contribution in [3.63, 3.8) is 0 Å². The molecule has 100 valence electrons. The second-order valence-corrected chi connectivity index (χ2v) is 6.46. The number of hydrogen-bond acceptors (Lipinski definition) is 3. The van der Waals surface area contributed by atoms with E-state index in [0.717, 1.165) is 30.1 Å². The Kier molecular flexibility index (Phi) is 3.61. The first-order chi connectivity index (χ1) is 8.40. The predicted molar refractivity (Wildman–Crippen MR) is 73.1 cm³/mol. The minimum absolute atomic E-state index is 0.0219. The van der Waals surface area contributed by atoms with Gasteiger partial charge in [0.2, 0.25) is 0 Å². The third-order valence-corrected chi connectivity index (χ3v) is 4.77. The molecule has 2 atom stereocenters. The Bertz CT molecular complexity index is 508. The van der Waals surface area contributed by atoms with Gasteiger partial charge in [-0.3, -0.25) is 9.59 Å². The quantitative estimate of drug-likeness (QED) is 0.780. The summed E-state index contributed by atoms with van der Waals surface area (Å²) in [7, 11) is 1.71. The van der Waals surface area contributed by atoms with Crippen molar-refractivity contribution < 1.29 is 4.79 Å². The van der Waals surface area contributed by atoms with Gasteiger partial charge >= 0.3 is 4.87 Å². The minimum Gasteiger partial charge on any atom is -0.337 e. The molecule has 1 fully saturated rings. The monoisotopic (exact) mass is 268 g/mol. The van der Waals surface area contributed by atoms with Gasteiger partial charge in [0.15, 0.2) is 0 Å². The van der Waals surface area contributed by atoms with Crippen molar-refractivity contribution in [1.82, 2.24) is 9.47 Å². The van der Waals surface area contributed by atoms with Crippen LogP contribution in [0.1, 0.15) is 35.6 Å². The van der Waals surface area contributed by atoms with Gasteiger partial charge in [0.25, 0.3) is 5.91 Å². The molecule has 0 bridgehead atoms. The van der Waals surface area contributed by atoms with Gasteiger partial charge in [0, 0.05) is 25.8 Å². The molecule has 18 heavy (non-hydrogen) atoms. The first kappa shape index (κ1) is 13.3. The summed E-state index contributed by atoms with van der Waals surface area (Å²) in [5.41, 5.74) is 0.779. The van der Waals surface area contributed by atoms with E-state index < -0.39 is 0 Å². The normalized spacial score (nSPS) is 24.3. The first-order valence-electron chi connectivity index (χ1n) is 6.35. The molecular formula is C13H20N2O2S. The fraction of sp³-hybridized carbons (Fsp3) is 0.692. The molecule has 2 rings (SSSR count). The van der Waals surface area contributed by atoms with Gasteiger partial charge < -0.3 is 9.47 Å². The fourth-order valence-electron chi connectivity index (χ4n) is 2.69. The van der Waals surface area contributed by atoms with E-state index in [-0.39, 0.29) is 10.8 Å². The molecule has 1 aliphatic rings. The molecule has 1 aromatic heterocycles. The smallest absolute Gasteiger partial charge is 0.307 e. The standard InChI is InChI=1S/C13H20N2O2S/c1-8-5-9(2)7-15(6-8)12(16)11-10(3)14(4)13(17)18-11/h8-9H,5-7H2,1-4H3. The van der Waals surface area contributed by atoms with Crippen LogP contribution in [-0.4, -0.2) is 28.5 Å². The van der Waals surface area contributed by atoms with Crippen molar-refractivity contribution in [1.29, 1.82) is 0 Å². The van der Waals surface area contributed by atoms with Crippen molar-refractivity contribution in [3.8, 4) is 0 Å². The zero-order chi connectivity index (χ0) is 13.4. The Morgan fingerprint density at radius 2 is 1.83 bits per heavy atom. The summed E-state index contributed by atoms with van der Waals surface area (Å²) in [5.74, 6) is 1.10. The molecule has 1 aliphatic heterocycles. The van der Waals surface area contributed by atoms with Crippen LogP contribution in [0.4, 0.5) is 0 Å². The highest BCUT2D eigenvalue weighted by atomic mass is 32.1. The van der Waals surface area contributed by atoms with Crippen LogP contribution in [0.2, 0.25) is 0 Å². The van der Waals surface area contributed by atoms with E-state index in [1.165, 1.54) is 6.42 Å². The summed E-state index contributed by atoms with van der Waals surface area (Å²) in [6.45, 7) is 7.80. The highest BCUT2D eigenvalue weighted by Crippen LogP contribution is 2.24. The van der Waals surface area contributed by atoms with E-state index in [1.54, 1.807) is 11.6 Å². The van der Waals surface area contributed by atoms with Crippen molar-refractivity contribution in [2.75, 3.05) is 13.1 Å². The average Bonchev–Trinajstić information content (AvgIpc) is 2.55. The van der Waals surface area contributed by atoms with Gasteiger partial charge in [-0.2, -0.15) is 0 Å². The summed E-state index contributed by atoms with van der Waals surface area (Å²) in [6, 6.07) is 0. The van der Waals surface area contributed by atoms with Crippen molar-refractivity contribution in [3.05, 3.63) is 20.2 Å². The van der Waals surface area contributed by atoms with Crippen molar-refractivity contribution >= 4 is 17.2 Å². The van der Waals surface area contributed by atoms with Crippen LogP contribution in [-0.2, 0) is 7.05 Å². The Labute approximate surface area is 111 Å². The van der Waals surface area contributed by atoms with E-state index in [1.807, 2.05) is 11.8 Å². The van der Waals surface area contributed by atoms with Gasteiger partial charge in [0.05, 0.1) is 0 Å². The Balaban J connectivity index is 2.25. The first-order valence-corrected chi connectivity index (χ1v) is 7.17. The van der Waals surface area contributed by atoms with Crippen molar-refractivity contribution in [2.45, 2.75) is 27.2 Å². The number of carbonyl (C=O) groups excluding carboxylic acids is 1. The lowest BCUT2D eigenvalue weighted by Crippen LogP contribution is -2.42. The summed E-state index contributed by atoms with van der Waals surface area (Å²) < 4.78 is 1.55. The van der Waals surface area contributed by atoms with Gasteiger partial charge in [-0.25, -0.2) is 0 Å². The van der Waals surface area contributed by atoms with E-state index in [2.05, 4.69) is 13.8 Å². The molecule has 0 radical (unpaired) electrons. The molecule has 1 aromatic rings. The van der Waals surface area contributed by atoms with Crippen molar-refractivity contribution in [2.24, 2.45) is 18.9 Å². The molecule has 2 unspecified atom stereocenters. The van der Waals surface area contributed by atoms with E-state index in [4.69, 9.17) is 0 Å². The predicted octanol–water partition coefficient (Wildman–Crippen LogP) is 1.87. The highest BCUT2D eigenvalue weighted by molar-refractivity contribution is 7.11. The maximum Gasteiger partial charge on any atom is 0.307 e. The summed E-state index contributed by atoms with van der Waals surface area (Å²) in [6.07, 6.45) is 1.17. The number of carbonyl (C=O) groups is 1. The number of amides is 1. The molecule has 1 amide bonds. The Morgan fingerprint density at radius 3 is 2.28 bits per heavy atom. The Morgan fingerprint density at radius 1 is 1.28 bits per heavy atom.